The van der Waals surface area contributed by atoms with Gasteiger partial charge in [0.2, 0.25) is 0 Å². The van der Waals surface area contributed by atoms with Gasteiger partial charge in [-0.15, -0.1) is 6.58 Å². The molecule has 0 radical (unpaired) electrons. The predicted octanol–water partition coefficient (Wildman–Crippen LogP) is 3.42. The van der Waals surface area contributed by atoms with Crippen molar-refractivity contribution in [1.29, 1.82) is 0 Å². The summed E-state index contributed by atoms with van der Waals surface area (Å²) in [6.07, 6.45) is 10.1. The summed E-state index contributed by atoms with van der Waals surface area (Å²) in [5.74, 6) is 6.29. The third-order valence-corrected chi connectivity index (χ3v) is 2.60. The van der Waals surface area contributed by atoms with Crippen LogP contribution in [0, 0.1) is 11.8 Å². The lowest BCUT2D eigenvalue weighted by molar-refractivity contribution is -0.105. The first-order valence-electron chi connectivity index (χ1n) is 5.65. The molecule has 0 spiro atoms. The van der Waals surface area contributed by atoms with E-state index in [0.717, 1.165) is 56.0 Å². The van der Waals surface area contributed by atoms with Crippen molar-refractivity contribution in [1.82, 2.24) is 0 Å². The Morgan fingerprint density at radius 1 is 1.33 bits per heavy atom. The SMILES string of the molecule is C=CCCCC#CC1=C(C=O)CCCC1. The Balaban J connectivity index is 2.50. The quantitative estimate of drug-likeness (QED) is 0.295. The van der Waals surface area contributed by atoms with Gasteiger partial charge in [0.05, 0.1) is 0 Å². The highest BCUT2D eigenvalue weighted by Gasteiger charge is 2.09. The Kier molecular flexibility index (Phi) is 5.55. The normalized spacial score (nSPS) is 15.5. The third kappa shape index (κ3) is 4.16. The molecule has 0 N–H and O–H groups in total. The van der Waals surface area contributed by atoms with Gasteiger partial charge in [-0.2, -0.15) is 0 Å². The Labute approximate surface area is 92.3 Å². The topological polar surface area (TPSA) is 17.1 Å². The summed E-state index contributed by atoms with van der Waals surface area (Å²) in [6.45, 7) is 3.67. The summed E-state index contributed by atoms with van der Waals surface area (Å²) in [5.41, 5.74) is 2.01. The summed E-state index contributed by atoms with van der Waals surface area (Å²) < 4.78 is 0. The van der Waals surface area contributed by atoms with Gasteiger partial charge in [0.25, 0.3) is 0 Å². The Hall–Kier alpha value is -1.29. The van der Waals surface area contributed by atoms with E-state index in [-0.39, 0.29) is 0 Å². The second-order valence-electron chi connectivity index (χ2n) is 3.81. The number of hydrogen-bond donors (Lipinski definition) is 0. The number of rotatable bonds is 4. The van der Waals surface area contributed by atoms with Crippen LogP contribution in [0.25, 0.3) is 0 Å². The van der Waals surface area contributed by atoms with Crippen molar-refractivity contribution in [3.8, 4) is 11.8 Å². The lowest BCUT2D eigenvalue weighted by Gasteiger charge is -2.11. The molecule has 0 unspecified atom stereocenters. The van der Waals surface area contributed by atoms with Crippen molar-refractivity contribution in [3.05, 3.63) is 23.8 Å². The van der Waals surface area contributed by atoms with E-state index in [9.17, 15) is 4.79 Å². The molecule has 0 saturated carbocycles. The molecular weight excluding hydrogens is 184 g/mol. The van der Waals surface area contributed by atoms with Crippen LogP contribution in [0.3, 0.4) is 0 Å². The van der Waals surface area contributed by atoms with Gasteiger partial charge in [-0.05, 0) is 38.5 Å². The van der Waals surface area contributed by atoms with Gasteiger partial charge < -0.3 is 0 Å². The van der Waals surface area contributed by atoms with Crippen molar-refractivity contribution in [2.45, 2.75) is 44.9 Å². The van der Waals surface area contributed by atoms with Crippen LogP contribution in [0.15, 0.2) is 23.8 Å². The summed E-state index contributed by atoms with van der Waals surface area (Å²) in [4.78, 5) is 10.8. The summed E-state index contributed by atoms with van der Waals surface area (Å²) in [7, 11) is 0. The molecule has 1 heteroatoms. The minimum absolute atomic E-state index is 0.904. The van der Waals surface area contributed by atoms with Crippen molar-refractivity contribution in [2.75, 3.05) is 0 Å². The lowest BCUT2D eigenvalue weighted by Crippen LogP contribution is -1.99. The molecule has 0 aliphatic heterocycles. The van der Waals surface area contributed by atoms with Gasteiger partial charge in [-0.3, -0.25) is 4.79 Å². The van der Waals surface area contributed by atoms with Gasteiger partial charge in [-0.1, -0.05) is 17.9 Å². The standard InChI is InChI=1S/C14H18O/c1-2-3-4-5-6-9-13-10-7-8-11-14(13)12-15/h2,12H,1,3-5,7-8,10-11H2. The molecule has 0 aromatic carbocycles. The van der Waals surface area contributed by atoms with E-state index in [4.69, 9.17) is 0 Å². The van der Waals surface area contributed by atoms with E-state index in [1.807, 2.05) is 6.08 Å². The number of hydrogen-bond acceptors (Lipinski definition) is 1. The summed E-state index contributed by atoms with van der Waals surface area (Å²) in [6, 6.07) is 0. The Morgan fingerprint density at radius 2 is 2.13 bits per heavy atom. The van der Waals surface area contributed by atoms with Crippen LogP contribution in [0.1, 0.15) is 44.9 Å². The van der Waals surface area contributed by atoms with E-state index in [2.05, 4.69) is 18.4 Å². The second-order valence-corrected chi connectivity index (χ2v) is 3.81. The minimum atomic E-state index is 0.904. The average molecular weight is 202 g/mol. The first-order chi connectivity index (χ1) is 7.38. The maximum absolute atomic E-state index is 10.8. The first-order valence-corrected chi connectivity index (χ1v) is 5.65. The summed E-state index contributed by atoms with van der Waals surface area (Å²) >= 11 is 0. The maximum Gasteiger partial charge on any atom is 0.146 e. The first kappa shape index (κ1) is 11.8. The zero-order valence-corrected chi connectivity index (χ0v) is 9.22. The Morgan fingerprint density at radius 3 is 2.87 bits per heavy atom. The molecule has 1 rings (SSSR count). The van der Waals surface area contributed by atoms with Crippen LogP contribution in [-0.2, 0) is 4.79 Å². The molecule has 0 atom stereocenters. The molecule has 0 amide bonds. The predicted molar refractivity (Wildman–Crippen MR) is 63.4 cm³/mol. The highest BCUT2D eigenvalue weighted by molar-refractivity contribution is 5.76. The van der Waals surface area contributed by atoms with Gasteiger partial charge in [-0.25, -0.2) is 0 Å². The number of allylic oxidation sites excluding steroid dienone is 3. The average Bonchev–Trinajstić information content (AvgIpc) is 2.29. The van der Waals surface area contributed by atoms with E-state index in [1.54, 1.807) is 0 Å². The van der Waals surface area contributed by atoms with Crippen molar-refractivity contribution < 1.29 is 4.79 Å². The summed E-state index contributed by atoms with van der Waals surface area (Å²) in [5, 5.41) is 0. The fraction of sp³-hybridized carbons (Fsp3) is 0.500. The van der Waals surface area contributed by atoms with Crippen LogP contribution in [0.4, 0.5) is 0 Å². The molecule has 0 aromatic rings. The van der Waals surface area contributed by atoms with Gasteiger partial charge >= 0.3 is 0 Å². The fourth-order valence-corrected chi connectivity index (χ4v) is 1.71. The molecule has 1 aliphatic rings. The number of carbonyl (C=O) groups is 1. The minimum Gasteiger partial charge on any atom is -0.298 e. The van der Waals surface area contributed by atoms with E-state index in [1.165, 1.54) is 6.42 Å². The van der Waals surface area contributed by atoms with Crippen LogP contribution in [0.5, 0.6) is 0 Å². The van der Waals surface area contributed by atoms with E-state index < -0.39 is 0 Å². The smallest absolute Gasteiger partial charge is 0.146 e. The lowest BCUT2D eigenvalue weighted by atomic mass is 9.93. The molecule has 15 heavy (non-hydrogen) atoms. The van der Waals surface area contributed by atoms with Crippen molar-refractivity contribution in [3.63, 3.8) is 0 Å². The molecule has 1 nitrogen and oxygen atoms in total. The van der Waals surface area contributed by atoms with Crippen molar-refractivity contribution >= 4 is 6.29 Å². The number of carbonyl (C=O) groups excluding carboxylic acids is 1. The Bertz CT molecular complexity index is 312. The molecule has 1 aliphatic carbocycles. The van der Waals surface area contributed by atoms with E-state index >= 15 is 0 Å². The molecule has 0 aromatic heterocycles. The van der Waals surface area contributed by atoms with Crippen LogP contribution < -0.4 is 0 Å². The molecule has 0 saturated heterocycles. The fourth-order valence-electron chi connectivity index (χ4n) is 1.71. The van der Waals surface area contributed by atoms with Crippen LogP contribution in [-0.4, -0.2) is 6.29 Å². The molecule has 80 valence electrons. The highest BCUT2D eigenvalue weighted by atomic mass is 16.1. The molecule has 0 fully saturated rings. The van der Waals surface area contributed by atoms with Crippen LogP contribution >= 0.6 is 0 Å². The maximum atomic E-state index is 10.8. The zero-order chi connectivity index (χ0) is 10.9. The monoisotopic (exact) mass is 202 g/mol. The third-order valence-electron chi connectivity index (χ3n) is 2.60. The van der Waals surface area contributed by atoms with Crippen LogP contribution in [0.2, 0.25) is 0 Å². The van der Waals surface area contributed by atoms with Crippen molar-refractivity contribution in [2.24, 2.45) is 0 Å². The molecule has 0 bridgehead atoms. The number of aldehydes is 1. The van der Waals surface area contributed by atoms with Gasteiger partial charge in [0.15, 0.2) is 0 Å². The second kappa shape index (κ2) is 7.06. The van der Waals surface area contributed by atoms with E-state index in [0.29, 0.717) is 0 Å². The molecular formula is C14H18O. The highest BCUT2D eigenvalue weighted by Crippen LogP contribution is 2.22. The largest absolute Gasteiger partial charge is 0.298 e. The van der Waals surface area contributed by atoms with Gasteiger partial charge in [0.1, 0.15) is 6.29 Å². The van der Waals surface area contributed by atoms with Gasteiger partial charge in [0, 0.05) is 17.6 Å². The number of unbranched alkanes of at least 4 members (excludes halogenated alkanes) is 2. The zero-order valence-electron chi connectivity index (χ0n) is 9.22. The molecule has 0 heterocycles.